The molecular formula is C19H21N3O4. The summed E-state index contributed by atoms with van der Waals surface area (Å²) >= 11 is 0. The van der Waals surface area contributed by atoms with Gasteiger partial charge >= 0.3 is 6.09 Å². The summed E-state index contributed by atoms with van der Waals surface area (Å²) in [5, 5.41) is 4.65. The Morgan fingerprint density at radius 3 is 2.08 bits per heavy atom. The van der Waals surface area contributed by atoms with Gasteiger partial charge in [0.1, 0.15) is 12.6 Å². The van der Waals surface area contributed by atoms with Crippen molar-refractivity contribution in [1.29, 1.82) is 0 Å². The number of imide groups is 1. The zero-order valence-electron chi connectivity index (χ0n) is 14.2. The van der Waals surface area contributed by atoms with Crippen LogP contribution in [0, 0.1) is 0 Å². The Kier molecular flexibility index (Phi) is 7.32. The monoisotopic (exact) mass is 355 g/mol. The molecule has 4 N–H and O–H groups in total. The summed E-state index contributed by atoms with van der Waals surface area (Å²) in [6, 6.07) is 17.3. The van der Waals surface area contributed by atoms with Crippen LogP contribution in [-0.4, -0.2) is 30.5 Å². The summed E-state index contributed by atoms with van der Waals surface area (Å²) in [6.45, 7) is -0.240. The zero-order valence-corrected chi connectivity index (χ0v) is 14.2. The van der Waals surface area contributed by atoms with E-state index in [9.17, 15) is 14.4 Å². The summed E-state index contributed by atoms with van der Waals surface area (Å²) in [6.07, 6.45) is -0.532. The van der Waals surface area contributed by atoms with Crippen molar-refractivity contribution in [2.24, 2.45) is 5.73 Å². The molecule has 0 bridgehead atoms. The van der Waals surface area contributed by atoms with E-state index < -0.39 is 23.9 Å². The fraction of sp³-hybridized carbons (Fsp3) is 0.211. The maximum Gasteiger partial charge on any atom is 0.408 e. The van der Waals surface area contributed by atoms with Gasteiger partial charge in [-0.3, -0.25) is 14.9 Å². The van der Waals surface area contributed by atoms with Gasteiger partial charge in [-0.2, -0.15) is 0 Å². The summed E-state index contributed by atoms with van der Waals surface area (Å²) in [7, 11) is 0. The highest BCUT2D eigenvalue weighted by Crippen LogP contribution is 2.05. The topological polar surface area (TPSA) is 111 Å². The van der Waals surface area contributed by atoms with Crippen molar-refractivity contribution in [3.63, 3.8) is 0 Å². The fourth-order valence-electron chi connectivity index (χ4n) is 2.24. The van der Waals surface area contributed by atoms with Crippen LogP contribution in [0.2, 0.25) is 0 Å². The number of rotatable bonds is 7. The fourth-order valence-corrected chi connectivity index (χ4v) is 2.24. The molecule has 2 rings (SSSR count). The Morgan fingerprint density at radius 1 is 0.923 bits per heavy atom. The number of hydrogen-bond donors (Lipinski definition) is 3. The van der Waals surface area contributed by atoms with Gasteiger partial charge in [0, 0.05) is 6.42 Å². The van der Waals surface area contributed by atoms with E-state index in [2.05, 4.69) is 10.6 Å². The molecule has 0 radical (unpaired) electrons. The molecular weight excluding hydrogens is 334 g/mol. The Hall–Kier alpha value is -3.19. The molecule has 0 saturated carbocycles. The number of alkyl carbamates (subject to hydrolysis) is 1. The number of nitrogens with one attached hydrogen (secondary N) is 2. The SMILES string of the molecule is NCC(=O)NC(=O)C(Cc1ccccc1)NC(=O)OCc1ccccc1. The molecule has 3 amide bonds. The van der Waals surface area contributed by atoms with Crippen molar-refractivity contribution >= 4 is 17.9 Å². The summed E-state index contributed by atoms with van der Waals surface area (Å²) in [5.41, 5.74) is 6.86. The van der Waals surface area contributed by atoms with Crippen LogP contribution in [0.25, 0.3) is 0 Å². The van der Waals surface area contributed by atoms with Gasteiger partial charge in [0.15, 0.2) is 0 Å². The van der Waals surface area contributed by atoms with Gasteiger partial charge in [-0.25, -0.2) is 4.79 Å². The number of nitrogens with two attached hydrogens (primary N) is 1. The summed E-state index contributed by atoms with van der Waals surface area (Å²) in [5.74, 6) is -1.26. The van der Waals surface area contributed by atoms with Gasteiger partial charge in [-0.1, -0.05) is 60.7 Å². The molecule has 0 spiro atoms. The van der Waals surface area contributed by atoms with E-state index in [0.717, 1.165) is 11.1 Å². The lowest BCUT2D eigenvalue weighted by Crippen LogP contribution is -2.50. The summed E-state index contributed by atoms with van der Waals surface area (Å²) < 4.78 is 5.14. The maximum atomic E-state index is 12.3. The van der Waals surface area contributed by atoms with E-state index in [4.69, 9.17) is 10.5 Å². The van der Waals surface area contributed by atoms with Gasteiger partial charge in [0.25, 0.3) is 0 Å². The standard InChI is InChI=1S/C19H21N3O4/c20-12-17(23)22-18(24)16(11-14-7-3-1-4-8-14)21-19(25)26-13-15-9-5-2-6-10-15/h1-10,16H,11-13,20H2,(H,21,25)(H,22,23,24). The number of amides is 3. The minimum atomic E-state index is -0.962. The van der Waals surface area contributed by atoms with Crippen molar-refractivity contribution < 1.29 is 19.1 Å². The van der Waals surface area contributed by atoms with E-state index in [-0.39, 0.29) is 19.6 Å². The van der Waals surface area contributed by atoms with Crippen LogP contribution in [0.1, 0.15) is 11.1 Å². The van der Waals surface area contributed by atoms with Crippen LogP contribution in [0.5, 0.6) is 0 Å². The number of hydrogen-bond acceptors (Lipinski definition) is 5. The molecule has 0 saturated heterocycles. The van der Waals surface area contributed by atoms with Gasteiger partial charge in [-0.15, -0.1) is 0 Å². The maximum absolute atomic E-state index is 12.3. The number of ether oxygens (including phenoxy) is 1. The Bertz CT molecular complexity index is 735. The molecule has 0 heterocycles. The van der Waals surface area contributed by atoms with Crippen LogP contribution < -0.4 is 16.4 Å². The van der Waals surface area contributed by atoms with Gasteiger partial charge in [-0.05, 0) is 11.1 Å². The average Bonchev–Trinajstić information content (AvgIpc) is 2.67. The first-order valence-electron chi connectivity index (χ1n) is 8.13. The minimum Gasteiger partial charge on any atom is -0.445 e. The van der Waals surface area contributed by atoms with Crippen molar-refractivity contribution in [3.05, 3.63) is 71.8 Å². The Morgan fingerprint density at radius 2 is 1.50 bits per heavy atom. The van der Waals surface area contributed by atoms with Crippen LogP contribution in [0.3, 0.4) is 0 Å². The van der Waals surface area contributed by atoms with Gasteiger partial charge < -0.3 is 15.8 Å². The van der Waals surface area contributed by atoms with E-state index in [1.807, 2.05) is 60.7 Å². The van der Waals surface area contributed by atoms with Crippen molar-refractivity contribution in [2.45, 2.75) is 19.1 Å². The first-order chi connectivity index (χ1) is 12.6. The van der Waals surface area contributed by atoms with E-state index in [0.29, 0.717) is 0 Å². The van der Waals surface area contributed by atoms with Crippen LogP contribution in [0.15, 0.2) is 60.7 Å². The van der Waals surface area contributed by atoms with E-state index in [1.165, 1.54) is 0 Å². The second-order valence-corrected chi connectivity index (χ2v) is 5.56. The normalized spacial score (nSPS) is 11.3. The van der Waals surface area contributed by atoms with Crippen LogP contribution in [-0.2, 0) is 27.4 Å². The van der Waals surface area contributed by atoms with Crippen molar-refractivity contribution in [2.75, 3.05) is 6.54 Å². The lowest BCUT2D eigenvalue weighted by molar-refractivity contribution is -0.130. The Balaban J connectivity index is 1.98. The zero-order chi connectivity index (χ0) is 18.8. The lowest BCUT2D eigenvalue weighted by Gasteiger charge is -2.18. The van der Waals surface area contributed by atoms with Gasteiger partial charge in [0.2, 0.25) is 11.8 Å². The predicted octanol–water partition coefficient (Wildman–Crippen LogP) is 1.13. The average molecular weight is 355 g/mol. The highest BCUT2D eigenvalue weighted by Gasteiger charge is 2.23. The second-order valence-electron chi connectivity index (χ2n) is 5.56. The molecule has 2 aromatic rings. The third-order valence-electron chi connectivity index (χ3n) is 3.55. The molecule has 0 fully saturated rings. The minimum absolute atomic E-state index is 0.0775. The molecule has 0 aliphatic heterocycles. The molecule has 1 atom stereocenters. The lowest BCUT2D eigenvalue weighted by atomic mass is 10.1. The number of carbonyl (C=O) groups excluding carboxylic acids is 3. The third kappa shape index (κ3) is 6.37. The Labute approximate surface area is 151 Å². The van der Waals surface area contributed by atoms with E-state index >= 15 is 0 Å². The second kappa shape index (κ2) is 9.95. The summed E-state index contributed by atoms with van der Waals surface area (Å²) in [4.78, 5) is 35.7. The van der Waals surface area contributed by atoms with E-state index in [1.54, 1.807) is 0 Å². The van der Waals surface area contributed by atoms with Crippen LogP contribution in [0.4, 0.5) is 4.79 Å². The predicted molar refractivity (Wildman–Crippen MR) is 95.9 cm³/mol. The molecule has 2 aromatic carbocycles. The van der Waals surface area contributed by atoms with Gasteiger partial charge in [0.05, 0.1) is 6.54 Å². The highest BCUT2D eigenvalue weighted by molar-refractivity contribution is 5.99. The number of carbonyl (C=O) groups is 3. The smallest absolute Gasteiger partial charge is 0.408 e. The highest BCUT2D eigenvalue weighted by atomic mass is 16.5. The first-order valence-corrected chi connectivity index (χ1v) is 8.13. The molecule has 136 valence electrons. The quantitative estimate of drug-likeness (QED) is 0.689. The molecule has 1 unspecified atom stereocenters. The molecule has 7 heteroatoms. The molecule has 26 heavy (non-hydrogen) atoms. The van der Waals surface area contributed by atoms with Crippen molar-refractivity contribution in [3.8, 4) is 0 Å². The molecule has 0 aliphatic rings. The molecule has 0 aliphatic carbocycles. The molecule has 7 nitrogen and oxygen atoms in total. The van der Waals surface area contributed by atoms with Crippen molar-refractivity contribution in [1.82, 2.24) is 10.6 Å². The number of benzene rings is 2. The molecule has 0 aromatic heterocycles. The first kappa shape index (κ1) is 19.1. The third-order valence-corrected chi connectivity index (χ3v) is 3.55. The van der Waals surface area contributed by atoms with Crippen LogP contribution >= 0.6 is 0 Å². The largest absolute Gasteiger partial charge is 0.445 e.